The van der Waals surface area contributed by atoms with Gasteiger partial charge >= 0.3 is 0 Å². The fraction of sp³-hybridized carbons (Fsp3) is 0.481. The molecule has 0 heterocycles. The van der Waals surface area contributed by atoms with Gasteiger partial charge in [0, 0.05) is 22.4 Å². The zero-order chi connectivity index (χ0) is 21.2. The zero-order valence-electron chi connectivity index (χ0n) is 18.3. The molecule has 0 unspecified atom stereocenters. The van der Waals surface area contributed by atoms with Gasteiger partial charge in [-0.05, 0) is 72.6 Å². The molecule has 0 saturated heterocycles. The van der Waals surface area contributed by atoms with Crippen LogP contribution in [0, 0.1) is 5.92 Å². The maximum absolute atomic E-state index is 9.68. The molecule has 0 amide bonds. The summed E-state index contributed by atoms with van der Waals surface area (Å²) in [6.07, 6.45) is 14.8. The van der Waals surface area contributed by atoms with Gasteiger partial charge < -0.3 is 10.2 Å². The summed E-state index contributed by atoms with van der Waals surface area (Å²) in [6.45, 7) is 0. The van der Waals surface area contributed by atoms with Gasteiger partial charge in [0.05, 0.1) is 0 Å². The van der Waals surface area contributed by atoms with Crippen molar-refractivity contribution in [1.29, 1.82) is 0 Å². The molecule has 4 rings (SSSR count). The Labute approximate surface area is 206 Å². The van der Waals surface area contributed by atoms with Crippen LogP contribution in [0.4, 0.5) is 0 Å². The molecular formula is C27H35BrFeO2. The molecule has 4 heteroatoms. The van der Waals surface area contributed by atoms with E-state index in [1.54, 1.807) is 24.3 Å². The number of halogens is 1. The van der Waals surface area contributed by atoms with Gasteiger partial charge in [-0.2, -0.15) is 0 Å². The third-order valence-electron chi connectivity index (χ3n) is 6.31. The molecule has 0 spiro atoms. The number of phenolic OH excluding ortho intramolecular Hbond substituents is 2. The predicted octanol–water partition coefficient (Wildman–Crippen LogP) is 8.21. The molecule has 0 aliphatic heterocycles. The van der Waals surface area contributed by atoms with Crippen LogP contribution in [0.2, 0.25) is 0 Å². The minimum Gasteiger partial charge on any atom is -0.508 e. The number of allylic oxidation sites excluding steroid dienone is 1. The molecule has 2 saturated carbocycles. The number of hydrogen-bond donors (Lipinski definition) is 2. The molecule has 0 radical (unpaired) electrons. The molecule has 2 aromatic rings. The van der Waals surface area contributed by atoms with E-state index in [-0.39, 0.29) is 28.6 Å². The van der Waals surface area contributed by atoms with Crippen molar-refractivity contribution >= 4 is 21.5 Å². The van der Waals surface area contributed by atoms with Crippen molar-refractivity contribution in [3.8, 4) is 11.5 Å². The second-order valence-corrected chi connectivity index (χ2v) is 9.33. The summed E-state index contributed by atoms with van der Waals surface area (Å²) in [5, 5.41) is 20.4. The van der Waals surface area contributed by atoms with Crippen molar-refractivity contribution in [2.75, 3.05) is 5.33 Å². The Balaban J connectivity index is 0.000000501. The van der Waals surface area contributed by atoms with Crippen LogP contribution in [0.5, 0.6) is 11.5 Å². The molecule has 0 bridgehead atoms. The fourth-order valence-corrected chi connectivity index (χ4v) is 5.02. The molecule has 31 heavy (non-hydrogen) atoms. The van der Waals surface area contributed by atoms with E-state index in [9.17, 15) is 10.2 Å². The summed E-state index contributed by atoms with van der Waals surface area (Å²) >= 11 is 3.58. The predicted molar refractivity (Wildman–Crippen MR) is 130 cm³/mol. The van der Waals surface area contributed by atoms with Gasteiger partial charge in [0.2, 0.25) is 0 Å². The Morgan fingerprint density at radius 2 is 1.13 bits per heavy atom. The second-order valence-electron chi connectivity index (χ2n) is 8.54. The quantitative estimate of drug-likeness (QED) is 0.294. The summed E-state index contributed by atoms with van der Waals surface area (Å²) in [5.41, 5.74) is 5.07. The van der Waals surface area contributed by atoms with Crippen molar-refractivity contribution in [2.24, 2.45) is 5.92 Å². The van der Waals surface area contributed by atoms with Gasteiger partial charge in [-0.3, -0.25) is 0 Å². The summed E-state index contributed by atoms with van der Waals surface area (Å²) < 4.78 is 0. The summed E-state index contributed by atoms with van der Waals surface area (Å²) in [5.74, 6) is 1.21. The summed E-state index contributed by atoms with van der Waals surface area (Å²) in [6, 6.07) is 15.0. The molecule has 2 N–H and O–H groups in total. The van der Waals surface area contributed by atoms with Crippen LogP contribution in [-0.4, -0.2) is 15.5 Å². The first-order chi connectivity index (χ1) is 14.7. The number of alkyl halides is 1. The Kier molecular flexibility index (Phi) is 11.8. The van der Waals surface area contributed by atoms with Crippen LogP contribution in [0.15, 0.2) is 54.1 Å². The summed E-state index contributed by atoms with van der Waals surface area (Å²) in [7, 11) is 0. The maximum Gasteiger partial charge on any atom is 0.115 e. The van der Waals surface area contributed by atoms with E-state index >= 15 is 0 Å². The van der Waals surface area contributed by atoms with E-state index in [1.165, 1.54) is 68.9 Å². The van der Waals surface area contributed by atoms with Gasteiger partial charge in [0.25, 0.3) is 0 Å². The number of hydrogen-bond acceptors (Lipinski definition) is 2. The van der Waals surface area contributed by atoms with Crippen molar-refractivity contribution in [2.45, 2.75) is 70.6 Å². The molecule has 0 aromatic heterocycles. The Morgan fingerprint density at radius 1 is 0.710 bits per heavy atom. The number of aromatic hydroxyl groups is 2. The molecule has 2 aliphatic rings. The number of benzene rings is 2. The first kappa shape index (κ1) is 26.0. The van der Waals surface area contributed by atoms with E-state index in [0.29, 0.717) is 5.92 Å². The average molecular weight is 527 g/mol. The number of phenols is 2. The van der Waals surface area contributed by atoms with E-state index in [0.717, 1.165) is 29.3 Å². The first-order valence-electron chi connectivity index (χ1n) is 11.6. The molecule has 2 fully saturated rings. The molecule has 2 aromatic carbocycles. The SMILES string of the molecule is C1CCCC1.Oc1ccc(C(=C(CCCBr)C2CCCC2)c2ccc(O)cc2)cc1.[Fe]. The third-order valence-corrected chi connectivity index (χ3v) is 6.87. The Bertz CT molecular complexity index is 734. The van der Waals surface area contributed by atoms with Crippen molar-refractivity contribution < 1.29 is 27.3 Å². The molecule has 2 aliphatic carbocycles. The molecule has 0 atom stereocenters. The summed E-state index contributed by atoms with van der Waals surface area (Å²) in [4.78, 5) is 0. The maximum atomic E-state index is 9.68. The van der Waals surface area contributed by atoms with Gasteiger partial charge in [-0.15, -0.1) is 0 Å². The van der Waals surface area contributed by atoms with Crippen molar-refractivity contribution in [3.05, 3.63) is 65.2 Å². The van der Waals surface area contributed by atoms with Crippen LogP contribution in [0.1, 0.15) is 81.8 Å². The smallest absolute Gasteiger partial charge is 0.115 e. The van der Waals surface area contributed by atoms with Crippen LogP contribution in [-0.2, 0) is 17.1 Å². The fourth-order valence-electron chi connectivity index (χ4n) is 4.74. The van der Waals surface area contributed by atoms with Crippen molar-refractivity contribution in [3.63, 3.8) is 0 Å². The first-order valence-corrected chi connectivity index (χ1v) is 12.7. The topological polar surface area (TPSA) is 40.5 Å². The van der Waals surface area contributed by atoms with Gasteiger partial charge in [-0.25, -0.2) is 0 Å². The van der Waals surface area contributed by atoms with Crippen LogP contribution in [0.25, 0.3) is 5.57 Å². The molecular weight excluding hydrogens is 492 g/mol. The van der Waals surface area contributed by atoms with E-state index in [2.05, 4.69) is 15.9 Å². The zero-order valence-corrected chi connectivity index (χ0v) is 21.0. The van der Waals surface area contributed by atoms with E-state index in [1.807, 2.05) is 24.3 Å². The standard InChI is InChI=1S/C22H25BrO2.C5H10.Fe/c23-15-3-6-21(16-4-1-2-5-16)22(17-7-11-19(24)12-8-17)18-9-13-20(25)14-10-18;1-2-4-5-3-1;/h7-14,16,24-25H,1-6,15H2;1-5H2;. The normalized spacial score (nSPS) is 15.6. The Hall–Kier alpha value is -1.22. The van der Waals surface area contributed by atoms with Crippen LogP contribution in [0.3, 0.4) is 0 Å². The monoisotopic (exact) mass is 526 g/mol. The Morgan fingerprint density at radius 3 is 1.52 bits per heavy atom. The largest absolute Gasteiger partial charge is 0.508 e. The minimum absolute atomic E-state index is 0. The van der Waals surface area contributed by atoms with Gasteiger partial charge in [0.1, 0.15) is 11.5 Å². The van der Waals surface area contributed by atoms with Gasteiger partial charge in [0.15, 0.2) is 0 Å². The number of rotatable bonds is 6. The van der Waals surface area contributed by atoms with E-state index in [4.69, 9.17) is 0 Å². The van der Waals surface area contributed by atoms with E-state index < -0.39 is 0 Å². The molecule has 170 valence electrons. The van der Waals surface area contributed by atoms with Crippen LogP contribution >= 0.6 is 15.9 Å². The second kappa shape index (κ2) is 14.0. The van der Waals surface area contributed by atoms with Gasteiger partial charge in [-0.1, -0.05) is 90.7 Å². The minimum atomic E-state index is 0. The molecule has 2 nitrogen and oxygen atoms in total. The third kappa shape index (κ3) is 8.00. The van der Waals surface area contributed by atoms with Crippen LogP contribution < -0.4 is 0 Å². The average Bonchev–Trinajstić information content (AvgIpc) is 3.50. The van der Waals surface area contributed by atoms with Crippen molar-refractivity contribution in [1.82, 2.24) is 0 Å².